The average Bonchev–Trinajstić information content (AvgIpc) is 3.06. The Kier molecular flexibility index (Phi) is 11.1. The summed E-state index contributed by atoms with van der Waals surface area (Å²) >= 11 is 6.76. The molecule has 1 N–H and O–H groups in total. The zero-order valence-corrected chi connectivity index (χ0v) is 26.3. The van der Waals surface area contributed by atoms with Gasteiger partial charge in [0.15, 0.2) is 0 Å². The van der Waals surface area contributed by atoms with E-state index in [9.17, 15) is 5.11 Å². The molecule has 4 aromatic rings. The number of aliphatic hydroxyl groups excluding tert-OH is 1. The third kappa shape index (κ3) is 7.35. The summed E-state index contributed by atoms with van der Waals surface area (Å²) in [5, 5.41) is 11.1. The molecule has 0 saturated carbocycles. The molecule has 0 aromatic heterocycles. The van der Waals surface area contributed by atoms with Gasteiger partial charge in [-0.15, -0.1) is 0 Å². The summed E-state index contributed by atoms with van der Waals surface area (Å²) in [5.74, 6) is -0.744. The maximum absolute atomic E-state index is 10.5. The summed E-state index contributed by atoms with van der Waals surface area (Å²) < 4.78 is 32.0. The van der Waals surface area contributed by atoms with Gasteiger partial charge in [-0.2, -0.15) is 0 Å². The zero-order chi connectivity index (χ0) is 30.9. The van der Waals surface area contributed by atoms with Crippen LogP contribution in [0.2, 0.25) is 5.02 Å². The van der Waals surface area contributed by atoms with Gasteiger partial charge < -0.3 is 28.8 Å². The molecule has 6 nitrogen and oxygen atoms in total. The molecule has 0 bridgehead atoms. The largest absolute Gasteiger partial charge is 0.494 e. The summed E-state index contributed by atoms with van der Waals surface area (Å²) in [7, 11) is 1.61. The first kappa shape index (κ1) is 32.2. The topological polar surface area (TPSA) is 66.4 Å². The van der Waals surface area contributed by atoms with Crippen molar-refractivity contribution in [3.8, 4) is 5.75 Å². The fraction of sp³-hybridized carbons (Fsp3) is 0.351. The molecule has 0 radical (unpaired) electrons. The fourth-order valence-electron chi connectivity index (χ4n) is 5.81. The molecule has 0 aliphatic carbocycles. The second kappa shape index (κ2) is 15.2. The van der Waals surface area contributed by atoms with Crippen molar-refractivity contribution in [1.82, 2.24) is 0 Å². The van der Waals surface area contributed by atoms with E-state index in [1.807, 2.05) is 117 Å². The predicted molar refractivity (Wildman–Crippen MR) is 172 cm³/mol. The molecule has 0 unspecified atom stereocenters. The molecule has 0 amide bonds. The summed E-state index contributed by atoms with van der Waals surface area (Å²) in [4.78, 5) is 0. The van der Waals surface area contributed by atoms with E-state index >= 15 is 0 Å². The number of aliphatic hydroxyl groups is 1. The van der Waals surface area contributed by atoms with Gasteiger partial charge in [-0.25, -0.2) is 0 Å². The smallest absolute Gasteiger partial charge is 0.224 e. The van der Waals surface area contributed by atoms with Crippen molar-refractivity contribution in [3.05, 3.63) is 136 Å². The van der Waals surface area contributed by atoms with Gasteiger partial charge >= 0.3 is 0 Å². The van der Waals surface area contributed by atoms with Crippen LogP contribution in [0.1, 0.15) is 41.7 Å². The Hall–Kier alpha value is -3.23. The molecule has 1 fully saturated rings. The molecule has 7 heteroatoms. The minimum Gasteiger partial charge on any atom is -0.494 e. The normalized spacial score (nSPS) is 23.4. The van der Waals surface area contributed by atoms with Crippen LogP contribution in [-0.4, -0.2) is 43.7 Å². The molecule has 1 saturated heterocycles. The first-order chi connectivity index (χ1) is 21.5. The van der Waals surface area contributed by atoms with Crippen LogP contribution in [0.5, 0.6) is 5.75 Å². The van der Waals surface area contributed by atoms with E-state index in [1.54, 1.807) is 7.11 Å². The summed E-state index contributed by atoms with van der Waals surface area (Å²) in [5.41, 5.74) is 4.80. The van der Waals surface area contributed by atoms with Gasteiger partial charge in [-0.1, -0.05) is 97.4 Å². The number of rotatable bonds is 13. The van der Waals surface area contributed by atoms with E-state index in [-0.39, 0.29) is 12.5 Å². The quantitative estimate of drug-likeness (QED) is 0.170. The van der Waals surface area contributed by atoms with E-state index < -0.39 is 24.1 Å². The van der Waals surface area contributed by atoms with Crippen LogP contribution in [0, 0.1) is 5.92 Å². The molecule has 5 atom stereocenters. The van der Waals surface area contributed by atoms with Gasteiger partial charge in [0, 0.05) is 23.6 Å². The number of methoxy groups -OCH3 is 1. The van der Waals surface area contributed by atoms with Crippen molar-refractivity contribution in [2.75, 3.05) is 20.3 Å². The second-order valence-electron chi connectivity index (χ2n) is 11.1. The van der Waals surface area contributed by atoms with E-state index in [4.69, 9.17) is 35.3 Å². The molecule has 5 rings (SSSR count). The van der Waals surface area contributed by atoms with Crippen LogP contribution in [0.4, 0.5) is 0 Å². The Balaban J connectivity index is 1.52. The molecule has 1 aliphatic rings. The molecule has 232 valence electrons. The van der Waals surface area contributed by atoms with Crippen LogP contribution < -0.4 is 4.74 Å². The van der Waals surface area contributed by atoms with Crippen molar-refractivity contribution in [3.63, 3.8) is 0 Å². The predicted octanol–water partition coefficient (Wildman–Crippen LogP) is 7.33. The van der Waals surface area contributed by atoms with E-state index in [0.29, 0.717) is 31.3 Å². The van der Waals surface area contributed by atoms with Gasteiger partial charge in [-0.05, 0) is 59.9 Å². The van der Waals surface area contributed by atoms with E-state index in [2.05, 4.69) is 0 Å². The SMILES string of the molecule is CCOc1ccc(Cc2cc([C@]3(OC)O[C@H](CO)[C@@H](C)[C@H](OCc4ccccc4)[C@H]3OCc3ccccc3)ccc2Cl)cc1. The molecular formula is C37H41ClO6. The van der Waals surface area contributed by atoms with E-state index in [0.717, 1.165) is 33.6 Å². The van der Waals surface area contributed by atoms with Crippen molar-refractivity contribution < 1.29 is 28.8 Å². The van der Waals surface area contributed by atoms with Crippen molar-refractivity contribution in [2.45, 2.75) is 57.6 Å². The summed E-state index contributed by atoms with van der Waals surface area (Å²) in [6.07, 6.45) is -1.09. The van der Waals surface area contributed by atoms with Gasteiger partial charge in [0.2, 0.25) is 5.79 Å². The number of hydrogen-bond acceptors (Lipinski definition) is 6. The fourth-order valence-corrected chi connectivity index (χ4v) is 5.99. The third-order valence-corrected chi connectivity index (χ3v) is 8.59. The van der Waals surface area contributed by atoms with Crippen LogP contribution in [0.15, 0.2) is 103 Å². The lowest BCUT2D eigenvalue weighted by molar-refractivity contribution is -0.372. The monoisotopic (exact) mass is 616 g/mol. The molecule has 1 heterocycles. The number of hydrogen-bond donors (Lipinski definition) is 1. The molecule has 1 aliphatic heterocycles. The zero-order valence-electron chi connectivity index (χ0n) is 25.5. The molecule has 4 aromatic carbocycles. The Labute approximate surface area is 265 Å². The number of ether oxygens (including phenoxy) is 5. The first-order valence-corrected chi connectivity index (χ1v) is 15.5. The lowest BCUT2D eigenvalue weighted by Gasteiger charge is -2.51. The van der Waals surface area contributed by atoms with Crippen LogP contribution in [0.3, 0.4) is 0 Å². The summed E-state index contributed by atoms with van der Waals surface area (Å²) in [6.45, 7) is 5.11. The second-order valence-corrected chi connectivity index (χ2v) is 11.5. The van der Waals surface area contributed by atoms with Crippen LogP contribution in [-0.2, 0) is 44.4 Å². The van der Waals surface area contributed by atoms with Gasteiger partial charge in [0.25, 0.3) is 0 Å². The van der Waals surface area contributed by atoms with Crippen molar-refractivity contribution >= 4 is 11.6 Å². The van der Waals surface area contributed by atoms with Crippen LogP contribution >= 0.6 is 11.6 Å². The van der Waals surface area contributed by atoms with Gasteiger partial charge in [0.1, 0.15) is 11.9 Å². The maximum Gasteiger partial charge on any atom is 0.224 e. The highest BCUT2D eigenvalue weighted by atomic mass is 35.5. The highest BCUT2D eigenvalue weighted by Gasteiger charge is 2.56. The number of halogens is 1. The molecule has 0 spiro atoms. The lowest BCUT2D eigenvalue weighted by Crippen LogP contribution is -2.62. The standard InChI is InChI=1S/C37H41ClO6/c1-4-41-32-18-15-27(16-19-32)21-30-22-31(17-20-33(30)38)37(40-3)36(43-25-29-13-9-6-10-14-29)35(26(2)34(23-39)44-37)42-24-28-11-7-5-8-12-28/h5-20,22,26,34-36,39H,4,21,23-25H2,1-3H3/t26-,34-,35+,36-,37+/m1/s1. The van der Waals surface area contributed by atoms with E-state index in [1.165, 1.54) is 0 Å². The van der Waals surface area contributed by atoms with Crippen molar-refractivity contribution in [2.24, 2.45) is 5.92 Å². The minimum absolute atomic E-state index is 0.191. The molecular weight excluding hydrogens is 576 g/mol. The first-order valence-electron chi connectivity index (χ1n) is 15.1. The Morgan fingerprint density at radius 1 is 0.818 bits per heavy atom. The molecule has 44 heavy (non-hydrogen) atoms. The average molecular weight is 617 g/mol. The van der Waals surface area contributed by atoms with Gasteiger partial charge in [0.05, 0.1) is 38.6 Å². The Morgan fingerprint density at radius 2 is 1.45 bits per heavy atom. The Bertz CT molecular complexity index is 1450. The maximum atomic E-state index is 10.5. The Morgan fingerprint density at radius 3 is 2.05 bits per heavy atom. The van der Waals surface area contributed by atoms with Gasteiger partial charge in [-0.3, -0.25) is 0 Å². The van der Waals surface area contributed by atoms with Crippen molar-refractivity contribution in [1.29, 1.82) is 0 Å². The minimum atomic E-state index is -1.38. The highest BCUT2D eigenvalue weighted by Crippen LogP contribution is 2.45. The lowest BCUT2D eigenvalue weighted by atomic mass is 9.82. The third-order valence-electron chi connectivity index (χ3n) is 8.22. The van der Waals surface area contributed by atoms with Crippen LogP contribution in [0.25, 0.3) is 0 Å². The highest BCUT2D eigenvalue weighted by molar-refractivity contribution is 6.31. The summed E-state index contributed by atoms with van der Waals surface area (Å²) in [6, 6.07) is 33.8. The number of benzene rings is 4.